The van der Waals surface area contributed by atoms with Gasteiger partial charge in [0.1, 0.15) is 0 Å². The molecule has 0 aromatic carbocycles. The first kappa shape index (κ1) is 54.1. The minimum Gasteiger partial charge on any atom is -0.394 e. The van der Waals surface area contributed by atoms with Crippen LogP contribution in [0.4, 0.5) is 0 Å². The topological polar surface area (TPSA) is 131 Å². The third-order valence-corrected chi connectivity index (χ3v) is 14.9. The average Bonchev–Trinajstić information content (AvgIpc) is 3.64. The number of aliphatic hydroxyl groups excluding tert-OH is 1. The monoisotopic (exact) mass is 889 g/mol. The summed E-state index contributed by atoms with van der Waals surface area (Å²) in [5, 5.41) is 8.69. The highest BCUT2D eigenvalue weighted by atomic mass is 16.6. The molecule has 62 heavy (non-hydrogen) atoms. The van der Waals surface area contributed by atoms with E-state index in [2.05, 4.69) is 34.6 Å². The zero-order valence-electron chi connectivity index (χ0n) is 40.0. The van der Waals surface area contributed by atoms with Gasteiger partial charge in [-0.2, -0.15) is 0 Å². The molecular formula is C49H92O13. The van der Waals surface area contributed by atoms with Crippen LogP contribution in [0.2, 0.25) is 0 Å². The molecule has 0 amide bonds. The molecule has 0 aromatic heterocycles. The van der Waals surface area contributed by atoms with Gasteiger partial charge in [-0.05, 0) is 104 Å². The van der Waals surface area contributed by atoms with Crippen molar-refractivity contribution in [2.45, 2.75) is 117 Å². The van der Waals surface area contributed by atoms with Crippen LogP contribution in [0.3, 0.4) is 0 Å². The molecule has 0 radical (unpaired) electrons. The summed E-state index contributed by atoms with van der Waals surface area (Å²) in [5.41, 5.74) is 0.565. The van der Waals surface area contributed by atoms with E-state index in [1.807, 2.05) is 0 Å². The summed E-state index contributed by atoms with van der Waals surface area (Å²) in [6, 6.07) is 0. The van der Waals surface area contributed by atoms with Crippen LogP contribution < -0.4 is 0 Å². The highest BCUT2D eigenvalue weighted by molar-refractivity contribution is 5.13. The van der Waals surface area contributed by atoms with E-state index < -0.39 is 0 Å². The van der Waals surface area contributed by atoms with E-state index in [0.29, 0.717) is 162 Å². The van der Waals surface area contributed by atoms with Crippen molar-refractivity contribution in [3.05, 3.63) is 0 Å². The minimum absolute atomic E-state index is 0.0324. The van der Waals surface area contributed by atoms with Gasteiger partial charge < -0.3 is 61.9 Å². The van der Waals surface area contributed by atoms with E-state index in [9.17, 15) is 0 Å². The molecule has 10 atom stereocenters. The van der Waals surface area contributed by atoms with Gasteiger partial charge in [0.05, 0.1) is 158 Å². The lowest BCUT2D eigenvalue weighted by molar-refractivity contribution is -0.195. The van der Waals surface area contributed by atoms with Gasteiger partial charge in [-0.3, -0.25) is 0 Å². The fraction of sp³-hybridized carbons (Fsp3) is 1.00. The number of ether oxygens (including phenoxy) is 12. The van der Waals surface area contributed by atoms with Crippen LogP contribution in [-0.4, -0.2) is 169 Å². The second kappa shape index (κ2) is 32.2. The first-order valence-corrected chi connectivity index (χ1v) is 25.0. The fourth-order valence-electron chi connectivity index (χ4n) is 11.9. The smallest absolute Gasteiger partial charge is 0.0704 e. The van der Waals surface area contributed by atoms with Gasteiger partial charge in [-0.1, -0.05) is 47.5 Å². The quantitative estimate of drug-likeness (QED) is 0.0635. The van der Waals surface area contributed by atoms with Crippen LogP contribution in [0.5, 0.6) is 0 Å². The Morgan fingerprint density at radius 1 is 0.484 bits per heavy atom. The maximum atomic E-state index is 8.69. The van der Waals surface area contributed by atoms with Crippen molar-refractivity contribution in [1.82, 2.24) is 0 Å². The zero-order chi connectivity index (χ0) is 44.1. The van der Waals surface area contributed by atoms with E-state index in [4.69, 9.17) is 61.9 Å². The molecule has 4 rings (SSSR count). The predicted octanol–water partition coefficient (Wildman–Crippen LogP) is 7.03. The lowest BCUT2D eigenvalue weighted by atomic mass is 9.43. The van der Waals surface area contributed by atoms with Gasteiger partial charge in [-0.15, -0.1) is 0 Å². The van der Waals surface area contributed by atoms with Crippen molar-refractivity contribution in [3.63, 3.8) is 0 Å². The Balaban J connectivity index is 1.11. The minimum atomic E-state index is 0.0324. The molecule has 13 heteroatoms. The number of aliphatic hydroxyl groups is 1. The molecule has 0 heterocycles. The summed E-state index contributed by atoms with van der Waals surface area (Å²) < 4.78 is 69.5. The van der Waals surface area contributed by atoms with Crippen molar-refractivity contribution >= 4 is 0 Å². The van der Waals surface area contributed by atoms with E-state index >= 15 is 0 Å². The summed E-state index contributed by atoms with van der Waals surface area (Å²) in [5.74, 6) is 4.42. The molecule has 13 nitrogen and oxygen atoms in total. The first-order valence-electron chi connectivity index (χ1n) is 25.0. The lowest BCUT2D eigenvalue weighted by Crippen LogP contribution is -2.59. The second-order valence-electron chi connectivity index (χ2n) is 18.7. The number of hydrogen-bond donors (Lipinski definition) is 1. The molecule has 0 bridgehead atoms. The Labute approximate surface area is 376 Å². The predicted molar refractivity (Wildman–Crippen MR) is 240 cm³/mol. The van der Waals surface area contributed by atoms with Crippen LogP contribution in [0.15, 0.2) is 0 Å². The molecular weight excluding hydrogens is 797 g/mol. The van der Waals surface area contributed by atoms with Crippen molar-refractivity contribution in [2.24, 2.45) is 46.3 Å². The SMILES string of the molecule is CCCOCCOCCOCCOCCOCCO[C@H]1C[C@H]2[C@@H](CC[C@@H]3C[C@H](OCCOCCOCCOCCOCCOCCO)CC[C@@]32C)[C@@H]2CC[C@H]([C@H](C)CCC)[C@@]12C. The van der Waals surface area contributed by atoms with Gasteiger partial charge in [0.25, 0.3) is 0 Å². The molecule has 0 saturated heterocycles. The molecule has 4 aliphatic carbocycles. The molecule has 0 spiro atoms. The third-order valence-electron chi connectivity index (χ3n) is 14.9. The van der Waals surface area contributed by atoms with Crippen LogP contribution in [0, 0.1) is 46.3 Å². The molecule has 0 aromatic rings. The zero-order valence-corrected chi connectivity index (χ0v) is 40.0. The summed E-state index contributed by atoms with van der Waals surface area (Å²) in [6.07, 6.45) is 14.3. The Bertz CT molecular complexity index is 1090. The standard InChI is InChI=1S/C49H92O13/c1-6-8-40(3)44-11-12-45-43-10-9-41-38-42(61-36-34-59-32-30-57-28-26-56-25-23-54-21-19-52-17-15-50)13-14-48(41,4)46(43)39-47(49(44,45)5)62-37-35-60-33-31-58-29-27-55-24-22-53-20-18-51-16-7-2/h40-47,50H,6-39H2,1-5H3/t40-,41-,42-,43+,44-,45+,46+,47+,48+,49-/m1/s1. The Kier molecular flexibility index (Phi) is 28.1. The molecule has 366 valence electrons. The highest BCUT2D eigenvalue weighted by Gasteiger charge is 2.64. The highest BCUT2D eigenvalue weighted by Crippen LogP contribution is 2.69. The molecule has 0 aliphatic heterocycles. The molecule has 4 aliphatic rings. The number of rotatable bonds is 39. The van der Waals surface area contributed by atoms with Crippen LogP contribution in [0.25, 0.3) is 0 Å². The van der Waals surface area contributed by atoms with Crippen molar-refractivity contribution < 1.29 is 61.9 Å². The van der Waals surface area contributed by atoms with Crippen molar-refractivity contribution in [1.29, 1.82) is 0 Å². The normalized spacial score (nSPS) is 30.0. The van der Waals surface area contributed by atoms with Crippen molar-refractivity contribution in [2.75, 3.05) is 152 Å². The number of fused-ring (bicyclic) bond motifs is 5. The van der Waals surface area contributed by atoms with Gasteiger partial charge in [0.2, 0.25) is 0 Å². The molecule has 4 saturated carbocycles. The van der Waals surface area contributed by atoms with E-state index in [1.54, 1.807) is 0 Å². The van der Waals surface area contributed by atoms with Crippen LogP contribution in [0.1, 0.15) is 105 Å². The van der Waals surface area contributed by atoms with Gasteiger partial charge in [0.15, 0.2) is 0 Å². The lowest BCUT2D eigenvalue weighted by Gasteiger charge is -2.63. The van der Waals surface area contributed by atoms with Gasteiger partial charge in [0, 0.05) is 6.61 Å². The fourth-order valence-corrected chi connectivity index (χ4v) is 11.9. The maximum absolute atomic E-state index is 8.69. The van der Waals surface area contributed by atoms with E-state index in [0.717, 1.165) is 43.1 Å². The molecule has 4 fully saturated rings. The van der Waals surface area contributed by atoms with E-state index in [-0.39, 0.29) is 18.1 Å². The van der Waals surface area contributed by atoms with Crippen LogP contribution in [-0.2, 0) is 56.8 Å². The van der Waals surface area contributed by atoms with Gasteiger partial charge >= 0.3 is 0 Å². The summed E-state index contributed by atoms with van der Waals surface area (Å²) in [4.78, 5) is 0. The summed E-state index contributed by atoms with van der Waals surface area (Å²) in [6.45, 7) is 24.7. The average molecular weight is 889 g/mol. The molecule has 0 unspecified atom stereocenters. The molecule has 1 N–H and O–H groups in total. The first-order chi connectivity index (χ1) is 30.4. The third kappa shape index (κ3) is 17.9. The summed E-state index contributed by atoms with van der Waals surface area (Å²) >= 11 is 0. The van der Waals surface area contributed by atoms with Crippen LogP contribution >= 0.6 is 0 Å². The van der Waals surface area contributed by atoms with E-state index in [1.165, 1.54) is 57.8 Å². The Morgan fingerprint density at radius 3 is 1.44 bits per heavy atom. The maximum Gasteiger partial charge on any atom is 0.0704 e. The Hall–Kier alpha value is -0.520. The Morgan fingerprint density at radius 2 is 0.952 bits per heavy atom. The second-order valence-corrected chi connectivity index (χ2v) is 18.7. The van der Waals surface area contributed by atoms with Gasteiger partial charge in [-0.25, -0.2) is 0 Å². The summed E-state index contributed by atoms with van der Waals surface area (Å²) in [7, 11) is 0. The van der Waals surface area contributed by atoms with Crippen molar-refractivity contribution in [3.8, 4) is 0 Å². The number of hydrogen-bond acceptors (Lipinski definition) is 13. The largest absolute Gasteiger partial charge is 0.394 e.